The third-order valence-electron chi connectivity index (χ3n) is 4.80. The molecule has 33 heavy (non-hydrogen) atoms. The van der Waals surface area contributed by atoms with Crippen LogP contribution in [0.3, 0.4) is 0 Å². The van der Waals surface area contributed by atoms with Gasteiger partial charge in [0.1, 0.15) is 22.4 Å². The van der Waals surface area contributed by atoms with E-state index in [4.69, 9.17) is 21.7 Å². The number of thioether (sulfide) groups is 1. The summed E-state index contributed by atoms with van der Waals surface area (Å²) in [6.45, 7) is 0.438. The van der Waals surface area contributed by atoms with E-state index >= 15 is 0 Å². The van der Waals surface area contributed by atoms with Crippen molar-refractivity contribution in [3.63, 3.8) is 0 Å². The molecule has 0 radical (unpaired) electrons. The highest BCUT2D eigenvalue weighted by molar-refractivity contribution is 8.26. The van der Waals surface area contributed by atoms with Gasteiger partial charge in [0.2, 0.25) is 5.91 Å². The Morgan fingerprint density at radius 3 is 2.58 bits per heavy atom. The number of carbonyl (C=O) groups excluding carboxylic acids is 2. The minimum Gasteiger partial charge on any atom is -0.457 e. The van der Waals surface area contributed by atoms with Gasteiger partial charge in [-0.3, -0.25) is 9.59 Å². The van der Waals surface area contributed by atoms with E-state index in [9.17, 15) is 22.8 Å². The predicted molar refractivity (Wildman–Crippen MR) is 121 cm³/mol. The monoisotopic (exact) mass is 494 g/mol. The molecular weight excluding hydrogens is 477 g/mol. The summed E-state index contributed by atoms with van der Waals surface area (Å²) in [5.74, 6) is -0.752. The van der Waals surface area contributed by atoms with Crippen LogP contribution in [-0.4, -0.2) is 35.4 Å². The molecule has 0 bridgehead atoms. The van der Waals surface area contributed by atoms with E-state index in [0.717, 1.165) is 23.4 Å². The molecule has 0 aromatic heterocycles. The molecule has 2 saturated heterocycles. The Morgan fingerprint density at radius 2 is 1.94 bits per heavy atom. The number of halogens is 3. The SMILES string of the molecule is O=C1COCC(Cc2ccc(Oc3ccc(C=C4SC(=S)NC4=O)cc3C(F)(F)F)cc2)N1. The summed E-state index contributed by atoms with van der Waals surface area (Å²) in [5.41, 5.74) is 0.111. The van der Waals surface area contributed by atoms with Crippen molar-refractivity contribution in [2.75, 3.05) is 13.2 Å². The van der Waals surface area contributed by atoms with Crippen LogP contribution in [0.5, 0.6) is 11.5 Å². The quantitative estimate of drug-likeness (QED) is 0.483. The van der Waals surface area contributed by atoms with Gasteiger partial charge in [0.25, 0.3) is 5.91 Å². The van der Waals surface area contributed by atoms with Crippen LogP contribution in [0.1, 0.15) is 16.7 Å². The van der Waals surface area contributed by atoms with Gasteiger partial charge in [-0.2, -0.15) is 13.2 Å². The maximum Gasteiger partial charge on any atom is 0.420 e. The van der Waals surface area contributed by atoms with E-state index in [2.05, 4.69) is 10.6 Å². The summed E-state index contributed by atoms with van der Waals surface area (Å²) >= 11 is 5.88. The summed E-state index contributed by atoms with van der Waals surface area (Å²) in [5, 5.41) is 5.24. The van der Waals surface area contributed by atoms with E-state index in [1.807, 2.05) is 0 Å². The van der Waals surface area contributed by atoms with Gasteiger partial charge in [0, 0.05) is 0 Å². The standard InChI is InChI=1S/C22H17F3N2O4S2/c23-22(24,25)16-8-13(9-18-20(29)27-21(32)33-18)3-6-17(16)31-15-4-1-12(2-5-15)7-14-10-30-11-19(28)26-14/h1-6,8-9,14H,7,10-11H2,(H,26,28)(H,27,29,32). The highest BCUT2D eigenvalue weighted by Gasteiger charge is 2.35. The molecule has 4 rings (SSSR count). The highest BCUT2D eigenvalue weighted by Crippen LogP contribution is 2.39. The minimum absolute atomic E-state index is 0.0418. The van der Waals surface area contributed by atoms with Crippen LogP contribution < -0.4 is 15.4 Å². The van der Waals surface area contributed by atoms with E-state index in [0.29, 0.717) is 13.0 Å². The number of hydrogen-bond acceptors (Lipinski definition) is 6. The number of alkyl halides is 3. The van der Waals surface area contributed by atoms with Gasteiger partial charge in [-0.25, -0.2) is 0 Å². The molecule has 2 aromatic carbocycles. The molecule has 172 valence electrons. The van der Waals surface area contributed by atoms with Crippen molar-refractivity contribution in [1.82, 2.24) is 10.6 Å². The Morgan fingerprint density at radius 1 is 1.18 bits per heavy atom. The van der Waals surface area contributed by atoms with Crippen LogP contribution in [0.2, 0.25) is 0 Å². The molecular formula is C22H17F3N2O4S2. The maximum absolute atomic E-state index is 13.7. The Labute approximate surface area is 196 Å². The Hall–Kier alpha value is -2.89. The zero-order chi connectivity index (χ0) is 23.6. The van der Waals surface area contributed by atoms with Gasteiger partial charge >= 0.3 is 6.18 Å². The Balaban J connectivity index is 1.51. The summed E-state index contributed by atoms with van der Waals surface area (Å²) in [6.07, 6.45) is -2.79. The molecule has 0 aliphatic carbocycles. The van der Waals surface area contributed by atoms with Crippen LogP contribution in [0.15, 0.2) is 47.4 Å². The van der Waals surface area contributed by atoms with E-state index < -0.39 is 17.6 Å². The smallest absolute Gasteiger partial charge is 0.420 e. The zero-order valence-corrected chi connectivity index (χ0v) is 18.5. The second-order valence-electron chi connectivity index (χ2n) is 7.34. The predicted octanol–water partition coefficient (Wildman–Crippen LogP) is 4.04. The minimum atomic E-state index is -4.66. The first-order valence-electron chi connectivity index (χ1n) is 9.77. The van der Waals surface area contributed by atoms with E-state index in [1.165, 1.54) is 18.2 Å². The molecule has 0 saturated carbocycles. The zero-order valence-electron chi connectivity index (χ0n) is 16.9. The van der Waals surface area contributed by atoms with Crippen molar-refractivity contribution in [1.29, 1.82) is 0 Å². The van der Waals surface area contributed by atoms with E-state index in [1.54, 1.807) is 24.3 Å². The third-order valence-corrected chi connectivity index (χ3v) is 5.96. The van der Waals surface area contributed by atoms with Crippen LogP contribution in [0, 0.1) is 0 Å². The second-order valence-corrected chi connectivity index (χ2v) is 9.05. The molecule has 2 heterocycles. The van der Waals surface area contributed by atoms with Crippen LogP contribution in [0.4, 0.5) is 13.2 Å². The molecule has 2 aliphatic heterocycles. The maximum atomic E-state index is 13.7. The molecule has 1 atom stereocenters. The molecule has 11 heteroatoms. The molecule has 2 fully saturated rings. The lowest BCUT2D eigenvalue weighted by Crippen LogP contribution is -2.46. The summed E-state index contributed by atoms with van der Waals surface area (Å²) in [4.78, 5) is 23.4. The van der Waals surface area contributed by atoms with Gasteiger partial charge < -0.3 is 20.1 Å². The first-order valence-corrected chi connectivity index (χ1v) is 11.0. The molecule has 2 aliphatic rings. The van der Waals surface area contributed by atoms with Crippen LogP contribution in [-0.2, 0) is 26.9 Å². The largest absolute Gasteiger partial charge is 0.457 e. The fraction of sp³-hybridized carbons (Fsp3) is 0.227. The molecule has 2 aromatic rings. The summed E-state index contributed by atoms with van der Waals surface area (Å²) in [6, 6.07) is 10.0. The Kier molecular flexibility index (Phi) is 6.73. The van der Waals surface area contributed by atoms with Crippen LogP contribution in [0.25, 0.3) is 6.08 Å². The van der Waals surface area contributed by atoms with Crippen LogP contribution >= 0.6 is 24.0 Å². The van der Waals surface area contributed by atoms with Crippen molar-refractivity contribution in [2.24, 2.45) is 0 Å². The number of thiocarbonyl (C=S) groups is 1. The normalized spacial score (nSPS) is 20.0. The van der Waals surface area contributed by atoms with Gasteiger partial charge in [-0.15, -0.1) is 0 Å². The molecule has 0 spiro atoms. The summed E-state index contributed by atoms with van der Waals surface area (Å²) in [7, 11) is 0. The number of benzene rings is 2. The number of ether oxygens (including phenoxy) is 2. The van der Waals surface area contributed by atoms with Crippen molar-refractivity contribution >= 4 is 46.2 Å². The first kappa shape index (κ1) is 23.3. The van der Waals surface area contributed by atoms with Crippen molar-refractivity contribution < 1.29 is 32.2 Å². The topological polar surface area (TPSA) is 76.7 Å². The van der Waals surface area contributed by atoms with Crippen molar-refractivity contribution in [2.45, 2.75) is 18.6 Å². The number of morpholine rings is 1. The van der Waals surface area contributed by atoms with Gasteiger partial charge in [0.05, 0.1) is 23.1 Å². The average molecular weight is 495 g/mol. The van der Waals surface area contributed by atoms with Crippen molar-refractivity contribution in [3.8, 4) is 11.5 Å². The molecule has 1 unspecified atom stereocenters. The number of carbonyl (C=O) groups is 2. The van der Waals surface area contributed by atoms with E-state index in [-0.39, 0.29) is 44.8 Å². The average Bonchev–Trinajstić information content (AvgIpc) is 3.06. The first-order chi connectivity index (χ1) is 15.7. The lowest BCUT2D eigenvalue weighted by molar-refractivity contribution is -0.138. The lowest BCUT2D eigenvalue weighted by Gasteiger charge is -2.23. The number of rotatable bonds is 5. The third kappa shape index (κ3) is 5.92. The summed E-state index contributed by atoms with van der Waals surface area (Å²) < 4.78 is 52.0. The van der Waals surface area contributed by atoms with Gasteiger partial charge in [-0.1, -0.05) is 42.2 Å². The fourth-order valence-corrected chi connectivity index (χ4v) is 4.38. The molecule has 2 amide bonds. The van der Waals surface area contributed by atoms with Crippen molar-refractivity contribution in [3.05, 3.63) is 64.1 Å². The molecule has 6 nitrogen and oxygen atoms in total. The van der Waals surface area contributed by atoms with Gasteiger partial charge in [-0.05, 0) is 47.9 Å². The fourth-order valence-electron chi connectivity index (χ4n) is 3.34. The number of nitrogens with one attached hydrogen (secondary N) is 2. The van der Waals surface area contributed by atoms with Gasteiger partial charge in [0.15, 0.2) is 0 Å². The number of hydrogen-bond donors (Lipinski definition) is 2. The second kappa shape index (κ2) is 9.54. The highest BCUT2D eigenvalue weighted by atomic mass is 32.2. The lowest BCUT2D eigenvalue weighted by atomic mass is 10.1. The number of amides is 2. The Bertz CT molecular complexity index is 1130. The molecule has 2 N–H and O–H groups in total.